The highest BCUT2D eigenvalue weighted by Crippen LogP contribution is 2.42. The zero-order chi connectivity index (χ0) is 20.4. The van der Waals surface area contributed by atoms with Gasteiger partial charge in [-0.15, -0.1) is 0 Å². The molecule has 29 heavy (non-hydrogen) atoms. The Morgan fingerprint density at radius 2 is 1.83 bits per heavy atom. The molecule has 2 aliphatic rings. The summed E-state index contributed by atoms with van der Waals surface area (Å²) >= 11 is 0. The molecule has 2 aliphatic heterocycles. The molecule has 7 nitrogen and oxygen atoms in total. The number of piperidine rings is 1. The molecule has 0 atom stereocenters. The third-order valence-corrected chi connectivity index (χ3v) is 5.86. The molecule has 0 radical (unpaired) electrons. The summed E-state index contributed by atoms with van der Waals surface area (Å²) in [5.74, 6) is -0.637. The molecule has 0 aliphatic carbocycles. The Kier molecular flexibility index (Phi) is 5.15. The molecule has 1 aromatic carbocycles. The third-order valence-electron chi connectivity index (χ3n) is 5.86. The molecule has 150 valence electrons. The average Bonchev–Trinajstić information content (AvgIpc) is 2.97. The Labute approximate surface area is 169 Å². The van der Waals surface area contributed by atoms with Crippen LogP contribution in [0.5, 0.6) is 0 Å². The molecule has 0 bridgehead atoms. The van der Waals surface area contributed by atoms with Gasteiger partial charge >= 0.3 is 0 Å². The fraction of sp³-hybridized carbons (Fsp3) is 0.364. The van der Waals surface area contributed by atoms with Crippen LogP contribution in [-0.2, 0) is 21.0 Å². The minimum Gasteiger partial charge on any atom is -0.338 e. The molecule has 0 saturated carbocycles. The molecule has 1 spiro atoms. The standard InChI is InChI=1S/C22H24N3O4/c1-29-25-19(26)14-22(21(25)28)9-12-24(13-10-22)20(27)18-8-5-11-23(16-18)15-17-6-3-2-4-7-17/h2-8,11,16H,9-10,12-15H2,1H3/q+1. The molecule has 3 amide bonds. The van der Waals surface area contributed by atoms with Gasteiger partial charge in [-0.25, -0.2) is 0 Å². The number of pyridine rings is 1. The van der Waals surface area contributed by atoms with Crippen LogP contribution < -0.4 is 4.57 Å². The first-order chi connectivity index (χ1) is 14.0. The van der Waals surface area contributed by atoms with Gasteiger partial charge in [0.2, 0.25) is 0 Å². The van der Waals surface area contributed by atoms with Crippen molar-refractivity contribution in [2.45, 2.75) is 25.8 Å². The molecule has 0 unspecified atom stereocenters. The third kappa shape index (κ3) is 3.65. The van der Waals surface area contributed by atoms with E-state index in [1.165, 1.54) is 7.11 Å². The summed E-state index contributed by atoms with van der Waals surface area (Å²) in [6, 6.07) is 13.8. The van der Waals surface area contributed by atoms with Gasteiger partial charge in [-0.05, 0) is 18.9 Å². The van der Waals surface area contributed by atoms with Gasteiger partial charge in [-0.1, -0.05) is 30.3 Å². The SMILES string of the molecule is CON1C(=O)CC2(CCN(C(=O)c3ccc[n+](Cc4ccccc4)c3)CC2)C1=O. The first kappa shape index (κ1) is 19.3. The Balaban J connectivity index is 1.43. The number of rotatable bonds is 4. The molecule has 3 heterocycles. The first-order valence-corrected chi connectivity index (χ1v) is 9.76. The van der Waals surface area contributed by atoms with Crippen LogP contribution in [0.25, 0.3) is 0 Å². The van der Waals surface area contributed by atoms with E-state index < -0.39 is 5.41 Å². The molecule has 7 heteroatoms. The van der Waals surface area contributed by atoms with Crippen LogP contribution >= 0.6 is 0 Å². The molecule has 0 N–H and O–H groups in total. The van der Waals surface area contributed by atoms with Gasteiger partial charge in [0.25, 0.3) is 17.7 Å². The van der Waals surface area contributed by atoms with Gasteiger partial charge in [-0.3, -0.25) is 19.2 Å². The fourth-order valence-corrected chi connectivity index (χ4v) is 4.20. The lowest BCUT2D eigenvalue weighted by atomic mass is 9.77. The number of carbonyl (C=O) groups excluding carboxylic acids is 3. The number of amides is 3. The number of hydroxylamine groups is 2. The van der Waals surface area contributed by atoms with E-state index in [4.69, 9.17) is 4.84 Å². The van der Waals surface area contributed by atoms with Crippen LogP contribution in [0.3, 0.4) is 0 Å². The van der Waals surface area contributed by atoms with Crippen LogP contribution in [-0.4, -0.2) is 47.9 Å². The predicted molar refractivity (Wildman–Crippen MR) is 103 cm³/mol. The maximum absolute atomic E-state index is 13.0. The highest BCUT2D eigenvalue weighted by atomic mass is 16.7. The Morgan fingerprint density at radius 1 is 1.10 bits per heavy atom. The van der Waals surface area contributed by atoms with E-state index in [0.29, 0.717) is 38.0 Å². The van der Waals surface area contributed by atoms with Gasteiger partial charge in [0.1, 0.15) is 5.56 Å². The zero-order valence-electron chi connectivity index (χ0n) is 16.4. The minimum absolute atomic E-state index is 0.0531. The summed E-state index contributed by atoms with van der Waals surface area (Å²) in [5.41, 5.74) is 1.05. The molecular formula is C22H24N3O4+. The summed E-state index contributed by atoms with van der Waals surface area (Å²) in [7, 11) is 1.33. The first-order valence-electron chi connectivity index (χ1n) is 9.76. The van der Waals surface area contributed by atoms with Crippen LogP contribution in [0.2, 0.25) is 0 Å². The predicted octanol–water partition coefficient (Wildman–Crippen LogP) is 1.57. The molecule has 2 aromatic rings. The van der Waals surface area contributed by atoms with E-state index >= 15 is 0 Å². The largest absolute Gasteiger partial charge is 0.338 e. The fourth-order valence-electron chi connectivity index (χ4n) is 4.20. The van der Waals surface area contributed by atoms with Crippen molar-refractivity contribution in [3.8, 4) is 0 Å². The molecular weight excluding hydrogens is 370 g/mol. The lowest BCUT2D eigenvalue weighted by Crippen LogP contribution is -2.47. The van der Waals surface area contributed by atoms with E-state index in [9.17, 15) is 14.4 Å². The normalized spacial score (nSPS) is 18.5. The van der Waals surface area contributed by atoms with E-state index in [1.807, 2.05) is 47.3 Å². The van der Waals surface area contributed by atoms with E-state index in [2.05, 4.69) is 12.1 Å². The number of aromatic nitrogens is 1. The number of benzene rings is 1. The van der Waals surface area contributed by atoms with Gasteiger partial charge in [-0.2, -0.15) is 9.63 Å². The van der Waals surface area contributed by atoms with Gasteiger partial charge in [0.05, 0.1) is 12.5 Å². The van der Waals surface area contributed by atoms with Gasteiger partial charge < -0.3 is 4.90 Å². The second-order valence-electron chi connectivity index (χ2n) is 7.68. The van der Waals surface area contributed by atoms with E-state index in [-0.39, 0.29) is 24.1 Å². The highest BCUT2D eigenvalue weighted by Gasteiger charge is 2.53. The topological polar surface area (TPSA) is 70.8 Å². The number of hydrogen-bond acceptors (Lipinski definition) is 4. The van der Waals surface area contributed by atoms with Gasteiger partial charge in [0, 0.05) is 31.1 Å². The lowest BCUT2D eigenvalue weighted by Gasteiger charge is -2.36. The summed E-state index contributed by atoms with van der Waals surface area (Å²) in [4.78, 5) is 44.3. The number of nitrogens with zero attached hydrogens (tertiary/aromatic N) is 3. The number of hydrogen-bond donors (Lipinski definition) is 0. The molecule has 4 rings (SSSR count). The van der Waals surface area contributed by atoms with Crippen molar-refractivity contribution in [1.82, 2.24) is 9.96 Å². The molecule has 1 aromatic heterocycles. The van der Waals surface area contributed by atoms with Crippen molar-refractivity contribution in [3.05, 3.63) is 66.0 Å². The van der Waals surface area contributed by atoms with Crippen molar-refractivity contribution >= 4 is 17.7 Å². The quantitative estimate of drug-likeness (QED) is 0.583. The second kappa shape index (κ2) is 7.75. The minimum atomic E-state index is -0.728. The number of likely N-dealkylation sites (tertiary alicyclic amines) is 1. The van der Waals surface area contributed by atoms with Crippen LogP contribution in [0.15, 0.2) is 54.9 Å². The summed E-state index contributed by atoms with van der Waals surface area (Å²) in [6.45, 7) is 1.58. The Morgan fingerprint density at radius 3 is 2.48 bits per heavy atom. The van der Waals surface area contributed by atoms with Crippen molar-refractivity contribution < 1.29 is 23.8 Å². The van der Waals surface area contributed by atoms with Crippen molar-refractivity contribution in [2.24, 2.45) is 5.41 Å². The van der Waals surface area contributed by atoms with Crippen molar-refractivity contribution in [1.29, 1.82) is 0 Å². The molecule has 2 fully saturated rings. The van der Waals surface area contributed by atoms with Gasteiger partial charge in [0.15, 0.2) is 18.9 Å². The van der Waals surface area contributed by atoms with Crippen LogP contribution in [0.1, 0.15) is 35.2 Å². The van der Waals surface area contributed by atoms with E-state index in [0.717, 1.165) is 10.6 Å². The van der Waals surface area contributed by atoms with E-state index in [1.54, 1.807) is 4.90 Å². The second-order valence-corrected chi connectivity index (χ2v) is 7.68. The summed E-state index contributed by atoms with van der Waals surface area (Å²) in [6.07, 6.45) is 4.90. The molecule has 2 saturated heterocycles. The lowest BCUT2D eigenvalue weighted by molar-refractivity contribution is -0.688. The zero-order valence-corrected chi connectivity index (χ0v) is 16.4. The van der Waals surface area contributed by atoms with Crippen LogP contribution in [0, 0.1) is 5.41 Å². The maximum Gasteiger partial charge on any atom is 0.260 e. The number of imide groups is 1. The maximum atomic E-state index is 13.0. The smallest absolute Gasteiger partial charge is 0.260 e. The van der Waals surface area contributed by atoms with Crippen molar-refractivity contribution in [3.63, 3.8) is 0 Å². The Bertz CT molecular complexity index is 936. The average molecular weight is 394 g/mol. The Hall–Kier alpha value is -3.06. The summed E-state index contributed by atoms with van der Waals surface area (Å²) in [5, 5.41) is 0.862. The summed E-state index contributed by atoms with van der Waals surface area (Å²) < 4.78 is 1.99. The van der Waals surface area contributed by atoms with Crippen molar-refractivity contribution in [2.75, 3.05) is 20.2 Å². The highest BCUT2D eigenvalue weighted by molar-refractivity contribution is 6.05. The van der Waals surface area contributed by atoms with Crippen LogP contribution in [0.4, 0.5) is 0 Å². The number of carbonyl (C=O) groups is 3. The monoisotopic (exact) mass is 394 g/mol.